The van der Waals surface area contributed by atoms with Crippen LogP contribution in [0, 0.1) is 12.3 Å². The highest BCUT2D eigenvalue weighted by Crippen LogP contribution is 1.96. The van der Waals surface area contributed by atoms with Crippen molar-refractivity contribution >= 4 is 0 Å². The Labute approximate surface area is 82.5 Å². The second-order valence-electron chi connectivity index (χ2n) is 4.26. The van der Waals surface area contributed by atoms with Gasteiger partial charge in [-0.05, 0) is 27.2 Å². The molecule has 0 fully saturated rings. The van der Waals surface area contributed by atoms with E-state index in [4.69, 9.17) is 6.42 Å². The largest absolute Gasteiger partial charge is 0.311 e. The predicted octanol–water partition coefficient (Wildman–Crippen LogP) is 1.38. The van der Waals surface area contributed by atoms with Crippen molar-refractivity contribution in [3.63, 3.8) is 0 Å². The molecule has 0 spiro atoms. The first-order valence-corrected chi connectivity index (χ1v) is 4.94. The minimum atomic E-state index is 0.194. The molecule has 13 heavy (non-hydrogen) atoms. The van der Waals surface area contributed by atoms with Crippen LogP contribution in [0.25, 0.3) is 0 Å². The summed E-state index contributed by atoms with van der Waals surface area (Å²) in [6.45, 7) is 10.5. The predicted molar refractivity (Wildman–Crippen MR) is 58.7 cm³/mol. The average molecular weight is 182 g/mol. The van der Waals surface area contributed by atoms with Gasteiger partial charge in [0.2, 0.25) is 0 Å². The van der Waals surface area contributed by atoms with E-state index in [-0.39, 0.29) is 11.6 Å². The van der Waals surface area contributed by atoms with Gasteiger partial charge < -0.3 is 10.6 Å². The van der Waals surface area contributed by atoms with Crippen LogP contribution in [0.2, 0.25) is 0 Å². The maximum absolute atomic E-state index is 5.32. The molecule has 0 aliphatic heterocycles. The Bertz CT molecular complexity index is 162. The van der Waals surface area contributed by atoms with E-state index < -0.39 is 0 Å². The molecule has 2 nitrogen and oxygen atoms in total. The van der Waals surface area contributed by atoms with Gasteiger partial charge in [-0.2, -0.15) is 0 Å². The minimum absolute atomic E-state index is 0.194. The highest BCUT2D eigenvalue weighted by atomic mass is 15.0. The Kier molecular flexibility index (Phi) is 5.77. The van der Waals surface area contributed by atoms with E-state index in [9.17, 15) is 0 Å². The lowest BCUT2D eigenvalue weighted by molar-refractivity contribution is 0.417. The van der Waals surface area contributed by atoms with Crippen molar-refractivity contribution in [3.05, 3.63) is 0 Å². The van der Waals surface area contributed by atoms with E-state index in [1.165, 1.54) is 0 Å². The zero-order valence-corrected chi connectivity index (χ0v) is 9.28. The molecule has 0 radical (unpaired) electrons. The zero-order chi connectivity index (χ0) is 10.3. The van der Waals surface area contributed by atoms with Crippen LogP contribution in [-0.4, -0.2) is 24.7 Å². The Balaban J connectivity index is 3.41. The molecular formula is C11H22N2. The molecule has 2 N–H and O–H groups in total. The van der Waals surface area contributed by atoms with E-state index in [2.05, 4.69) is 44.2 Å². The lowest BCUT2D eigenvalue weighted by Gasteiger charge is -2.21. The molecule has 0 saturated carbocycles. The first-order valence-electron chi connectivity index (χ1n) is 4.94. The summed E-state index contributed by atoms with van der Waals surface area (Å²) in [5, 5.41) is 6.69. The van der Waals surface area contributed by atoms with E-state index in [1.54, 1.807) is 0 Å². The van der Waals surface area contributed by atoms with Gasteiger partial charge in [-0.1, -0.05) is 12.8 Å². The molecule has 2 heteroatoms. The first kappa shape index (κ1) is 12.5. The van der Waals surface area contributed by atoms with E-state index in [0.717, 1.165) is 19.5 Å². The Morgan fingerprint density at radius 3 is 2.31 bits per heavy atom. The van der Waals surface area contributed by atoms with Crippen LogP contribution in [0.5, 0.6) is 0 Å². The number of hydrogen-bond donors (Lipinski definition) is 2. The van der Waals surface area contributed by atoms with Crippen molar-refractivity contribution in [2.45, 2.75) is 45.7 Å². The molecule has 0 aromatic heterocycles. The van der Waals surface area contributed by atoms with Gasteiger partial charge >= 0.3 is 0 Å². The number of hydrogen-bond acceptors (Lipinski definition) is 2. The Morgan fingerprint density at radius 2 is 1.92 bits per heavy atom. The van der Waals surface area contributed by atoms with Gasteiger partial charge in [0.1, 0.15) is 0 Å². The van der Waals surface area contributed by atoms with Crippen LogP contribution < -0.4 is 10.6 Å². The van der Waals surface area contributed by atoms with Gasteiger partial charge in [-0.3, -0.25) is 0 Å². The fourth-order valence-electron chi connectivity index (χ4n) is 1.01. The summed E-state index contributed by atoms with van der Waals surface area (Å²) >= 11 is 0. The van der Waals surface area contributed by atoms with Gasteiger partial charge in [0.25, 0.3) is 0 Å². The highest BCUT2D eigenvalue weighted by Gasteiger charge is 2.07. The molecule has 76 valence electrons. The quantitative estimate of drug-likeness (QED) is 0.496. The van der Waals surface area contributed by atoms with Gasteiger partial charge in [-0.25, -0.2) is 0 Å². The maximum atomic E-state index is 5.32. The molecule has 0 aromatic rings. The average Bonchev–Trinajstić information content (AvgIpc) is 2.03. The van der Waals surface area contributed by atoms with Gasteiger partial charge in [0.15, 0.2) is 0 Å². The highest BCUT2D eigenvalue weighted by molar-refractivity contribution is 4.97. The van der Waals surface area contributed by atoms with E-state index in [1.807, 2.05) is 0 Å². The molecule has 0 saturated heterocycles. The molecule has 1 atom stereocenters. The monoisotopic (exact) mass is 182 g/mol. The Hall–Kier alpha value is -0.520. The summed E-state index contributed by atoms with van der Waals surface area (Å²) in [4.78, 5) is 0. The summed E-state index contributed by atoms with van der Waals surface area (Å²) in [6, 6.07) is 0.224. The fourth-order valence-corrected chi connectivity index (χ4v) is 1.01. The van der Waals surface area contributed by atoms with Gasteiger partial charge in [0.05, 0.1) is 6.04 Å². The summed E-state index contributed by atoms with van der Waals surface area (Å²) in [7, 11) is 0. The van der Waals surface area contributed by atoms with Crippen LogP contribution in [0.15, 0.2) is 0 Å². The van der Waals surface area contributed by atoms with Crippen LogP contribution in [0.4, 0.5) is 0 Å². The number of nitrogens with one attached hydrogen (secondary N) is 2. The van der Waals surface area contributed by atoms with Gasteiger partial charge in [-0.15, -0.1) is 6.42 Å². The number of terminal acetylenes is 1. The second kappa shape index (κ2) is 6.01. The van der Waals surface area contributed by atoms with Crippen molar-refractivity contribution < 1.29 is 0 Å². The lowest BCUT2D eigenvalue weighted by atomic mass is 10.1. The van der Waals surface area contributed by atoms with Crippen LogP contribution in [0.3, 0.4) is 0 Å². The SMILES string of the molecule is C#CC(CC)NCCNC(C)(C)C. The normalized spacial score (nSPS) is 13.8. The standard InChI is InChI=1S/C11H22N2/c1-6-10(7-2)12-8-9-13-11(3,4)5/h1,10,12-13H,7-9H2,2-5H3. The van der Waals surface area contributed by atoms with Crippen LogP contribution in [-0.2, 0) is 0 Å². The van der Waals surface area contributed by atoms with Crippen molar-refractivity contribution in [3.8, 4) is 12.3 Å². The van der Waals surface area contributed by atoms with Crippen molar-refractivity contribution in [2.24, 2.45) is 0 Å². The molecule has 0 amide bonds. The minimum Gasteiger partial charge on any atom is -0.311 e. The molecule has 0 aliphatic rings. The third-order valence-electron chi connectivity index (χ3n) is 1.78. The Morgan fingerprint density at radius 1 is 1.31 bits per heavy atom. The van der Waals surface area contributed by atoms with Crippen molar-refractivity contribution in [1.82, 2.24) is 10.6 Å². The molecule has 0 aliphatic carbocycles. The third-order valence-corrected chi connectivity index (χ3v) is 1.78. The summed E-state index contributed by atoms with van der Waals surface area (Å²) < 4.78 is 0. The van der Waals surface area contributed by atoms with Crippen molar-refractivity contribution in [2.75, 3.05) is 13.1 Å². The smallest absolute Gasteiger partial charge is 0.0684 e. The maximum Gasteiger partial charge on any atom is 0.0684 e. The molecular weight excluding hydrogens is 160 g/mol. The van der Waals surface area contributed by atoms with Gasteiger partial charge in [0, 0.05) is 18.6 Å². The fraction of sp³-hybridized carbons (Fsp3) is 0.818. The first-order chi connectivity index (χ1) is 5.99. The lowest BCUT2D eigenvalue weighted by Crippen LogP contribution is -2.41. The summed E-state index contributed by atoms with van der Waals surface area (Å²) in [5.74, 6) is 2.71. The topological polar surface area (TPSA) is 24.1 Å². The van der Waals surface area contributed by atoms with E-state index >= 15 is 0 Å². The van der Waals surface area contributed by atoms with E-state index in [0.29, 0.717) is 0 Å². The zero-order valence-electron chi connectivity index (χ0n) is 9.28. The van der Waals surface area contributed by atoms with Crippen molar-refractivity contribution in [1.29, 1.82) is 0 Å². The molecule has 0 rings (SSSR count). The van der Waals surface area contributed by atoms with Crippen LogP contribution >= 0.6 is 0 Å². The summed E-state index contributed by atoms with van der Waals surface area (Å²) in [6.07, 6.45) is 6.31. The molecule has 0 aromatic carbocycles. The van der Waals surface area contributed by atoms with Crippen LogP contribution in [0.1, 0.15) is 34.1 Å². The summed E-state index contributed by atoms with van der Waals surface area (Å²) in [5.41, 5.74) is 0.194. The third kappa shape index (κ3) is 7.83. The molecule has 0 bridgehead atoms. The molecule has 0 heterocycles. The molecule has 1 unspecified atom stereocenters. The number of rotatable bonds is 5. The second-order valence-corrected chi connectivity index (χ2v) is 4.26.